The summed E-state index contributed by atoms with van der Waals surface area (Å²) in [6.45, 7) is 0.690. The predicted molar refractivity (Wildman–Crippen MR) is 65.7 cm³/mol. The molecule has 0 amide bonds. The maximum absolute atomic E-state index is 5.08. The van der Waals surface area contributed by atoms with Gasteiger partial charge >= 0.3 is 0 Å². The van der Waals surface area contributed by atoms with Crippen LogP contribution in [0.3, 0.4) is 0 Å². The maximum atomic E-state index is 5.08. The number of hydrogen-bond acceptors (Lipinski definition) is 4. The normalized spacial score (nSPS) is 13.2. The molecule has 0 aliphatic carbocycles. The third kappa shape index (κ3) is 2.53. The van der Waals surface area contributed by atoms with Crippen molar-refractivity contribution in [3.05, 3.63) is 23.5 Å². The number of aromatic nitrogens is 2. The zero-order valence-corrected chi connectivity index (χ0v) is 10.7. The summed E-state index contributed by atoms with van der Waals surface area (Å²) in [4.78, 5) is 9.89. The van der Waals surface area contributed by atoms with E-state index < -0.39 is 0 Å². The van der Waals surface area contributed by atoms with Crippen LogP contribution in [0.5, 0.6) is 0 Å². The molecule has 3 nitrogen and oxygen atoms in total. The van der Waals surface area contributed by atoms with Crippen molar-refractivity contribution < 1.29 is 4.74 Å². The second-order valence-corrected chi connectivity index (χ2v) is 5.41. The monoisotopic (exact) mass is 286 g/mol. The van der Waals surface area contributed by atoms with Crippen LogP contribution >= 0.6 is 27.3 Å². The molecule has 1 unspecified atom stereocenters. The van der Waals surface area contributed by atoms with Crippen LogP contribution in [0, 0.1) is 0 Å². The second kappa shape index (κ2) is 5.01. The van der Waals surface area contributed by atoms with Crippen molar-refractivity contribution in [3.8, 4) is 0 Å². The van der Waals surface area contributed by atoms with E-state index in [9.17, 15) is 0 Å². The standard InChI is InChI=1S/C10H11BrN2OS/c1-14-5-7(11)4-9-8-2-3-15-10(8)13-6-12-9/h2-3,6-7H,4-5H2,1H3. The van der Waals surface area contributed by atoms with Crippen molar-refractivity contribution in [3.63, 3.8) is 0 Å². The molecule has 2 rings (SSSR count). The third-order valence-electron chi connectivity index (χ3n) is 2.11. The van der Waals surface area contributed by atoms with E-state index in [0.29, 0.717) is 11.4 Å². The average Bonchev–Trinajstić information content (AvgIpc) is 2.67. The third-order valence-corrected chi connectivity index (χ3v) is 3.52. The first kappa shape index (κ1) is 11.0. The number of fused-ring (bicyclic) bond motifs is 1. The average molecular weight is 287 g/mol. The van der Waals surface area contributed by atoms with Crippen LogP contribution in [0.2, 0.25) is 0 Å². The van der Waals surface area contributed by atoms with Gasteiger partial charge in [0, 0.05) is 23.7 Å². The summed E-state index contributed by atoms with van der Waals surface area (Å²) in [5.74, 6) is 0. The minimum absolute atomic E-state index is 0.306. The highest BCUT2D eigenvalue weighted by Crippen LogP contribution is 2.22. The fourth-order valence-corrected chi connectivity index (χ4v) is 2.78. The van der Waals surface area contributed by atoms with Crippen LogP contribution < -0.4 is 0 Å². The van der Waals surface area contributed by atoms with Crippen LogP contribution in [-0.4, -0.2) is 28.5 Å². The number of ether oxygens (including phenoxy) is 1. The number of halogens is 1. The lowest BCUT2D eigenvalue weighted by molar-refractivity contribution is 0.200. The Morgan fingerprint density at radius 3 is 3.20 bits per heavy atom. The summed E-state index contributed by atoms with van der Waals surface area (Å²) in [7, 11) is 1.70. The molecule has 0 radical (unpaired) electrons. The highest BCUT2D eigenvalue weighted by Gasteiger charge is 2.10. The summed E-state index contributed by atoms with van der Waals surface area (Å²) in [5.41, 5.74) is 1.08. The number of alkyl halides is 1. The van der Waals surface area contributed by atoms with Crippen LogP contribution in [0.25, 0.3) is 10.2 Å². The van der Waals surface area contributed by atoms with Gasteiger partial charge in [0.05, 0.1) is 12.3 Å². The summed E-state index contributed by atoms with van der Waals surface area (Å²) < 4.78 is 5.08. The summed E-state index contributed by atoms with van der Waals surface area (Å²) in [6, 6.07) is 2.07. The zero-order chi connectivity index (χ0) is 10.7. The number of methoxy groups -OCH3 is 1. The van der Waals surface area contributed by atoms with E-state index in [0.717, 1.165) is 22.3 Å². The molecule has 2 heterocycles. The molecular formula is C10H11BrN2OS. The van der Waals surface area contributed by atoms with Gasteiger partial charge in [-0.15, -0.1) is 11.3 Å². The predicted octanol–water partition coefficient (Wildman–Crippen LogP) is 2.64. The first-order chi connectivity index (χ1) is 7.31. The fraction of sp³-hybridized carbons (Fsp3) is 0.400. The van der Waals surface area contributed by atoms with Crippen molar-refractivity contribution in [1.29, 1.82) is 0 Å². The van der Waals surface area contributed by atoms with Gasteiger partial charge in [0.1, 0.15) is 11.2 Å². The highest BCUT2D eigenvalue weighted by atomic mass is 79.9. The van der Waals surface area contributed by atoms with E-state index in [1.165, 1.54) is 0 Å². The number of thiophene rings is 1. The largest absolute Gasteiger partial charge is 0.384 e. The van der Waals surface area contributed by atoms with Gasteiger partial charge in [-0.25, -0.2) is 9.97 Å². The van der Waals surface area contributed by atoms with Crippen LogP contribution in [0.15, 0.2) is 17.8 Å². The molecule has 2 aromatic rings. The molecule has 80 valence electrons. The smallest absolute Gasteiger partial charge is 0.126 e. The molecule has 0 saturated heterocycles. The number of hydrogen-bond donors (Lipinski definition) is 0. The van der Waals surface area contributed by atoms with E-state index in [1.807, 2.05) is 5.38 Å². The Bertz CT molecular complexity index is 446. The fourth-order valence-electron chi connectivity index (χ4n) is 1.45. The van der Waals surface area contributed by atoms with Crippen molar-refractivity contribution in [2.45, 2.75) is 11.2 Å². The Labute approximate surface area is 101 Å². The van der Waals surface area contributed by atoms with E-state index in [2.05, 4.69) is 32.0 Å². The lowest BCUT2D eigenvalue weighted by Crippen LogP contribution is -2.11. The lowest BCUT2D eigenvalue weighted by atomic mass is 10.2. The Kier molecular flexibility index (Phi) is 3.66. The van der Waals surface area contributed by atoms with Crippen molar-refractivity contribution in [2.75, 3.05) is 13.7 Å². The van der Waals surface area contributed by atoms with Crippen LogP contribution in [0.4, 0.5) is 0 Å². The molecule has 0 fully saturated rings. The molecule has 0 spiro atoms. The molecule has 0 saturated carbocycles. The van der Waals surface area contributed by atoms with E-state index in [4.69, 9.17) is 4.74 Å². The Balaban J connectivity index is 2.23. The lowest BCUT2D eigenvalue weighted by Gasteiger charge is -2.08. The molecular weight excluding hydrogens is 276 g/mol. The second-order valence-electron chi connectivity index (χ2n) is 3.22. The van der Waals surface area contributed by atoms with E-state index in [-0.39, 0.29) is 0 Å². The van der Waals surface area contributed by atoms with Gasteiger partial charge < -0.3 is 4.74 Å². The minimum Gasteiger partial charge on any atom is -0.384 e. The first-order valence-electron chi connectivity index (χ1n) is 4.61. The van der Waals surface area contributed by atoms with Gasteiger partial charge in [-0.3, -0.25) is 0 Å². The van der Waals surface area contributed by atoms with Crippen molar-refractivity contribution in [1.82, 2.24) is 9.97 Å². The quantitative estimate of drug-likeness (QED) is 0.811. The van der Waals surface area contributed by atoms with Gasteiger partial charge in [0.25, 0.3) is 0 Å². The number of nitrogens with zero attached hydrogens (tertiary/aromatic N) is 2. The first-order valence-corrected chi connectivity index (χ1v) is 6.41. The summed E-state index contributed by atoms with van der Waals surface area (Å²) >= 11 is 5.21. The Morgan fingerprint density at radius 1 is 1.53 bits per heavy atom. The molecule has 0 aliphatic heterocycles. The van der Waals surface area contributed by atoms with Gasteiger partial charge in [-0.1, -0.05) is 15.9 Å². The maximum Gasteiger partial charge on any atom is 0.126 e. The van der Waals surface area contributed by atoms with Crippen molar-refractivity contribution >= 4 is 37.5 Å². The zero-order valence-electron chi connectivity index (χ0n) is 8.31. The Hall–Kier alpha value is -0.520. The van der Waals surface area contributed by atoms with Crippen LogP contribution in [0.1, 0.15) is 5.69 Å². The molecule has 0 bridgehead atoms. The van der Waals surface area contributed by atoms with Gasteiger partial charge in [-0.05, 0) is 11.4 Å². The van der Waals surface area contributed by atoms with E-state index in [1.54, 1.807) is 24.8 Å². The van der Waals surface area contributed by atoms with Crippen molar-refractivity contribution in [2.24, 2.45) is 0 Å². The molecule has 5 heteroatoms. The molecule has 2 aromatic heterocycles. The van der Waals surface area contributed by atoms with Gasteiger partial charge in [0.15, 0.2) is 0 Å². The summed E-state index contributed by atoms with van der Waals surface area (Å²) in [6.07, 6.45) is 2.49. The SMILES string of the molecule is COCC(Br)Cc1ncnc2sccc12. The molecule has 1 atom stereocenters. The number of rotatable bonds is 4. The summed E-state index contributed by atoms with van der Waals surface area (Å²) in [5, 5.41) is 3.20. The topological polar surface area (TPSA) is 35.0 Å². The molecule has 0 N–H and O–H groups in total. The molecule has 0 aromatic carbocycles. The van der Waals surface area contributed by atoms with E-state index >= 15 is 0 Å². The molecule has 15 heavy (non-hydrogen) atoms. The van der Waals surface area contributed by atoms with Gasteiger partial charge in [0.2, 0.25) is 0 Å². The minimum atomic E-state index is 0.306. The Morgan fingerprint density at radius 2 is 2.40 bits per heavy atom. The molecule has 0 aliphatic rings. The van der Waals surface area contributed by atoms with Gasteiger partial charge in [-0.2, -0.15) is 0 Å². The highest BCUT2D eigenvalue weighted by molar-refractivity contribution is 9.09. The van der Waals surface area contributed by atoms with Crippen LogP contribution in [-0.2, 0) is 11.2 Å².